The molecule has 0 aliphatic rings. The van der Waals surface area contributed by atoms with Crippen LogP contribution in [0.15, 0.2) is 23.3 Å². The zero-order valence-corrected chi connectivity index (χ0v) is 8.52. The number of aliphatic hydroxyl groups excluding tert-OH is 1. The summed E-state index contributed by atoms with van der Waals surface area (Å²) in [6.45, 7) is -0.0785. The van der Waals surface area contributed by atoms with Gasteiger partial charge in [-0.2, -0.15) is 0 Å². The number of azide groups is 1. The fraction of sp³-hybridized carbons (Fsp3) is 0.273. The molecule has 0 unspecified atom stereocenters. The summed E-state index contributed by atoms with van der Waals surface area (Å²) in [6, 6.07) is 4.67. The highest BCUT2D eigenvalue weighted by molar-refractivity contribution is 5.38. The Hall–Kier alpha value is -2.02. The first-order valence-corrected chi connectivity index (χ1v) is 4.67. The van der Waals surface area contributed by atoms with E-state index in [4.69, 9.17) is 10.6 Å². The molecule has 0 heterocycles. The fourth-order valence-electron chi connectivity index (χ4n) is 1.11. The predicted octanol–water partition coefficient (Wildman–Crippen LogP) is 2.37. The number of halogens is 1. The summed E-state index contributed by atoms with van der Waals surface area (Å²) in [6.07, 6.45) is 0.382. The molecule has 0 aromatic heterocycles. The maximum absolute atomic E-state index is 13.5. The molecule has 0 amide bonds. The molecule has 0 atom stereocenters. The lowest BCUT2D eigenvalue weighted by Gasteiger charge is -1.99. The molecule has 1 aromatic rings. The van der Waals surface area contributed by atoms with E-state index in [1.807, 2.05) is 0 Å². The fourth-order valence-corrected chi connectivity index (χ4v) is 1.11. The Morgan fingerprint density at radius 3 is 3.00 bits per heavy atom. The Kier molecular flexibility index (Phi) is 4.87. The van der Waals surface area contributed by atoms with Crippen molar-refractivity contribution in [3.8, 4) is 11.8 Å². The van der Waals surface area contributed by atoms with E-state index in [-0.39, 0.29) is 24.3 Å². The third-order valence-electron chi connectivity index (χ3n) is 1.87. The van der Waals surface area contributed by atoms with E-state index < -0.39 is 5.82 Å². The van der Waals surface area contributed by atoms with Gasteiger partial charge in [0.2, 0.25) is 0 Å². The largest absolute Gasteiger partial charge is 0.392 e. The SMILES string of the molecule is [N-]=[N+]=NCCC#Cc1cccc(CO)c1F. The van der Waals surface area contributed by atoms with Crippen molar-refractivity contribution in [3.05, 3.63) is 45.6 Å². The molecule has 0 fully saturated rings. The third-order valence-corrected chi connectivity index (χ3v) is 1.87. The van der Waals surface area contributed by atoms with Crippen LogP contribution in [0, 0.1) is 17.7 Å². The molecule has 0 aliphatic carbocycles. The topological polar surface area (TPSA) is 69.0 Å². The third kappa shape index (κ3) is 3.28. The van der Waals surface area contributed by atoms with Crippen LogP contribution < -0.4 is 0 Å². The maximum atomic E-state index is 13.5. The van der Waals surface area contributed by atoms with Crippen molar-refractivity contribution >= 4 is 0 Å². The van der Waals surface area contributed by atoms with Crippen molar-refractivity contribution in [1.82, 2.24) is 0 Å². The van der Waals surface area contributed by atoms with Crippen LogP contribution in [0.4, 0.5) is 4.39 Å². The van der Waals surface area contributed by atoms with Gasteiger partial charge in [-0.1, -0.05) is 29.1 Å². The minimum atomic E-state index is -0.499. The van der Waals surface area contributed by atoms with E-state index in [9.17, 15) is 4.39 Å². The van der Waals surface area contributed by atoms with Crippen molar-refractivity contribution in [2.24, 2.45) is 5.11 Å². The van der Waals surface area contributed by atoms with Gasteiger partial charge in [0.05, 0.1) is 12.2 Å². The highest BCUT2D eigenvalue weighted by Crippen LogP contribution is 2.11. The lowest BCUT2D eigenvalue weighted by molar-refractivity contribution is 0.275. The summed E-state index contributed by atoms with van der Waals surface area (Å²) in [4.78, 5) is 2.58. The van der Waals surface area contributed by atoms with Crippen molar-refractivity contribution in [2.75, 3.05) is 6.54 Å². The van der Waals surface area contributed by atoms with E-state index >= 15 is 0 Å². The van der Waals surface area contributed by atoms with E-state index in [1.165, 1.54) is 12.1 Å². The molecule has 0 saturated carbocycles. The van der Waals surface area contributed by atoms with Gasteiger partial charge >= 0.3 is 0 Å². The maximum Gasteiger partial charge on any atom is 0.144 e. The Labute approximate surface area is 92.3 Å². The van der Waals surface area contributed by atoms with Crippen LogP contribution in [0.3, 0.4) is 0 Å². The van der Waals surface area contributed by atoms with Gasteiger partial charge in [0.1, 0.15) is 5.82 Å². The zero-order chi connectivity index (χ0) is 11.8. The molecule has 0 radical (unpaired) electrons. The summed E-state index contributed by atoms with van der Waals surface area (Å²) < 4.78 is 13.5. The molecule has 0 aliphatic heterocycles. The van der Waals surface area contributed by atoms with Crippen LogP contribution in [0.25, 0.3) is 10.4 Å². The summed E-state index contributed by atoms with van der Waals surface area (Å²) >= 11 is 0. The second kappa shape index (κ2) is 6.46. The Morgan fingerprint density at radius 1 is 1.50 bits per heavy atom. The second-order valence-electron chi connectivity index (χ2n) is 2.94. The zero-order valence-electron chi connectivity index (χ0n) is 8.52. The Bertz CT molecular complexity index is 470. The quantitative estimate of drug-likeness (QED) is 0.274. The average Bonchev–Trinajstić information content (AvgIpc) is 2.31. The highest BCUT2D eigenvalue weighted by Gasteiger charge is 2.03. The van der Waals surface area contributed by atoms with E-state index in [0.717, 1.165) is 0 Å². The Morgan fingerprint density at radius 2 is 2.31 bits per heavy atom. The highest BCUT2D eigenvalue weighted by atomic mass is 19.1. The van der Waals surface area contributed by atoms with Crippen LogP contribution >= 0.6 is 0 Å². The number of rotatable bonds is 3. The summed E-state index contributed by atoms with van der Waals surface area (Å²) in [5, 5.41) is 12.1. The monoisotopic (exact) mass is 219 g/mol. The molecule has 0 spiro atoms. The second-order valence-corrected chi connectivity index (χ2v) is 2.94. The van der Waals surface area contributed by atoms with Crippen LogP contribution in [0.5, 0.6) is 0 Å². The standard InChI is InChI=1S/C11H10FN3O/c12-11-9(4-1-2-7-14-15-13)5-3-6-10(11)8-16/h3,5-6,16H,2,7-8H2. The van der Waals surface area contributed by atoms with Gasteiger partial charge in [-0.25, -0.2) is 4.39 Å². The number of benzene rings is 1. The molecule has 82 valence electrons. The first-order valence-electron chi connectivity index (χ1n) is 4.67. The van der Waals surface area contributed by atoms with Crippen molar-refractivity contribution in [1.29, 1.82) is 0 Å². The van der Waals surface area contributed by atoms with E-state index in [1.54, 1.807) is 6.07 Å². The van der Waals surface area contributed by atoms with Gasteiger partial charge in [-0.05, 0) is 11.6 Å². The molecule has 1 N–H and O–H groups in total. The van der Waals surface area contributed by atoms with Gasteiger partial charge in [-0.3, -0.25) is 0 Å². The van der Waals surface area contributed by atoms with Gasteiger partial charge in [-0.15, -0.1) is 0 Å². The number of hydrogen-bond donors (Lipinski definition) is 1. The lowest BCUT2D eigenvalue weighted by Crippen LogP contribution is -1.92. The van der Waals surface area contributed by atoms with Gasteiger partial charge in [0.15, 0.2) is 0 Å². The van der Waals surface area contributed by atoms with E-state index in [2.05, 4.69) is 21.9 Å². The van der Waals surface area contributed by atoms with Crippen LogP contribution in [-0.2, 0) is 6.61 Å². The molecule has 16 heavy (non-hydrogen) atoms. The van der Waals surface area contributed by atoms with Crippen LogP contribution in [0.1, 0.15) is 17.5 Å². The molecule has 4 nitrogen and oxygen atoms in total. The molecular formula is C11H10FN3O. The van der Waals surface area contributed by atoms with Crippen LogP contribution in [-0.4, -0.2) is 11.7 Å². The minimum absolute atomic E-state index is 0.224. The predicted molar refractivity (Wildman–Crippen MR) is 57.8 cm³/mol. The first-order chi connectivity index (χ1) is 7.79. The molecular weight excluding hydrogens is 209 g/mol. The van der Waals surface area contributed by atoms with Gasteiger partial charge in [0, 0.05) is 23.4 Å². The minimum Gasteiger partial charge on any atom is -0.392 e. The number of nitrogens with zero attached hydrogens (tertiary/aromatic N) is 3. The van der Waals surface area contributed by atoms with Crippen molar-refractivity contribution in [2.45, 2.75) is 13.0 Å². The smallest absolute Gasteiger partial charge is 0.144 e. The van der Waals surface area contributed by atoms with Crippen LogP contribution in [0.2, 0.25) is 0 Å². The van der Waals surface area contributed by atoms with Gasteiger partial charge in [0.25, 0.3) is 0 Å². The molecule has 1 aromatic carbocycles. The summed E-state index contributed by atoms with van der Waals surface area (Å²) in [7, 11) is 0. The molecule has 0 bridgehead atoms. The number of aliphatic hydroxyl groups is 1. The first kappa shape index (κ1) is 12.1. The van der Waals surface area contributed by atoms with Crippen molar-refractivity contribution in [3.63, 3.8) is 0 Å². The van der Waals surface area contributed by atoms with Crippen molar-refractivity contribution < 1.29 is 9.50 Å². The normalized spacial score (nSPS) is 8.88. The lowest BCUT2D eigenvalue weighted by atomic mass is 10.1. The number of hydrogen-bond acceptors (Lipinski definition) is 2. The Balaban J connectivity index is 2.76. The summed E-state index contributed by atoms with van der Waals surface area (Å²) in [5.41, 5.74) is 8.48. The average molecular weight is 219 g/mol. The summed E-state index contributed by atoms with van der Waals surface area (Å²) in [5.74, 6) is 4.82. The molecule has 0 saturated heterocycles. The molecule has 5 heteroatoms. The van der Waals surface area contributed by atoms with Gasteiger partial charge < -0.3 is 5.11 Å². The molecule has 1 rings (SSSR count). The van der Waals surface area contributed by atoms with E-state index in [0.29, 0.717) is 6.42 Å².